The van der Waals surface area contributed by atoms with Gasteiger partial charge in [-0.3, -0.25) is 0 Å². The van der Waals surface area contributed by atoms with Gasteiger partial charge in [-0.15, -0.1) is 0 Å². The van der Waals surface area contributed by atoms with Gasteiger partial charge in [0.05, 0.1) is 6.04 Å². The van der Waals surface area contributed by atoms with Gasteiger partial charge in [-0.25, -0.2) is 0 Å². The highest BCUT2D eigenvalue weighted by atomic mass is 16.3. The third kappa shape index (κ3) is 1.52. The number of nitrogens with one attached hydrogen (secondary N) is 1. The van der Waals surface area contributed by atoms with Gasteiger partial charge in [0, 0.05) is 11.9 Å². The van der Waals surface area contributed by atoms with E-state index in [1.165, 1.54) is 0 Å². The quantitative estimate of drug-likeness (QED) is 0.773. The van der Waals surface area contributed by atoms with E-state index < -0.39 is 0 Å². The van der Waals surface area contributed by atoms with Gasteiger partial charge in [0.25, 0.3) is 0 Å². The van der Waals surface area contributed by atoms with Crippen LogP contribution in [-0.4, -0.2) is 13.6 Å². The highest BCUT2D eigenvalue weighted by Crippen LogP contribution is 2.22. The number of para-hydroxylation sites is 1. The molecule has 1 heterocycles. The predicted octanol–water partition coefficient (Wildman–Crippen LogP) is 1.65. The van der Waals surface area contributed by atoms with Crippen molar-refractivity contribution in [2.24, 2.45) is 5.73 Å². The molecule has 3 N–H and O–H groups in total. The van der Waals surface area contributed by atoms with E-state index in [2.05, 4.69) is 5.32 Å². The summed E-state index contributed by atoms with van der Waals surface area (Å²) < 4.78 is 5.67. The monoisotopic (exact) mass is 190 g/mol. The van der Waals surface area contributed by atoms with Gasteiger partial charge in [-0.1, -0.05) is 18.2 Å². The minimum atomic E-state index is 0.0994. The standard InChI is InChI=1S/C11H14N2O/c1-13-9(7-12)11-6-8-4-2-3-5-10(8)14-11/h2-6,9,13H,7,12H2,1H3. The number of nitrogens with two attached hydrogens (primary N) is 1. The topological polar surface area (TPSA) is 51.2 Å². The first-order chi connectivity index (χ1) is 6.85. The van der Waals surface area contributed by atoms with Crippen molar-refractivity contribution < 1.29 is 4.42 Å². The molecule has 0 saturated heterocycles. The molecule has 74 valence electrons. The normalized spacial score (nSPS) is 13.3. The van der Waals surface area contributed by atoms with E-state index in [4.69, 9.17) is 10.2 Å². The van der Waals surface area contributed by atoms with Crippen LogP contribution in [0.1, 0.15) is 11.8 Å². The molecular weight excluding hydrogens is 176 g/mol. The summed E-state index contributed by atoms with van der Waals surface area (Å²) >= 11 is 0. The SMILES string of the molecule is CNC(CN)c1cc2ccccc2o1. The van der Waals surface area contributed by atoms with E-state index in [0.717, 1.165) is 16.7 Å². The Morgan fingerprint density at radius 2 is 2.21 bits per heavy atom. The molecular formula is C11H14N2O. The van der Waals surface area contributed by atoms with Gasteiger partial charge in [0.15, 0.2) is 0 Å². The fraction of sp³-hybridized carbons (Fsp3) is 0.273. The molecule has 1 aromatic heterocycles. The van der Waals surface area contributed by atoms with Crippen LogP contribution in [-0.2, 0) is 0 Å². The Labute approximate surface area is 82.9 Å². The van der Waals surface area contributed by atoms with Gasteiger partial charge >= 0.3 is 0 Å². The Morgan fingerprint density at radius 3 is 2.86 bits per heavy atom. The molecule has 14 heavy (non-hydrogen) atoms. The lowest BCUT2D eigenvalue weighted by Crippen LogP contribution is -2.24. The molecule has 0 radical (unpaired) electrons. The number of furan rings is 1. The molecule has 3 nitrogen and oxygen atoms in total. The average Bonchev–Trinajstić information content (AvgIpc) is 2.63. The third-order valence-corrected chi connectivity index (χ3v) is 2.37. The van der Waals surface area contributed by atoms with Gasteiger partial charge in [0.2, 0.25) is 0 Å². The summed E-state index contributed by atoms with van der Waals surface area (Å²) in [6.07, 6.45) is 0. The summed E-state index contributed by atoms with van der Waals surface area (Å²) in [5.74, 6) is 0.899. The van der Waals surface area contributed by atoms with Crippen LogP contribution in [0.4, 0.5) is 0 Å². The zero-order chi connectivity index (χ0) is 9.97. The van der Waals surface area contributed by atoms with Crippen molar-refractivity contribution in [1.82, 2.24) is 5.32 Å². The number of fused-ring (bicyclic) bond motifs is 1. The molecule has 0 bridgehead atoms. The van der Waals surface area contributed by atoms with E-state index in [1.54, 1.807) is 0 Å². The summed E-state index contributed by atoms with van der Waals surface area (Å²) in [7, 11) is 1.88. The van der Waals surface area contributed by atoms with Crippen molar-refractivity contribution in [2.45, 2.75) is 6.04 Å². The van der Waals surface area contributed by atoms with E-state index in [-0.39, 0.29) is 6.04 Å². The third-order valence-electron chi connectivity index (χ3n) is 2.37. The number of hydrogen-bond acceptors (Lipinski definition) is 3. The van der Waals surface area contributed by atoms with E-state index in [0.29, 0.717) is 6.54 Å². The smallest absolute Gasteiger partial charge is 0.134 e. The molecule has 1 atom stereocenters. The Hall–Kier alpha value is -1.32. The molecule has 0 amide bonds. The van der Waals surface area contributed by atoms with Gasteiger partial charge in [-0.05, 0) is 19.2 Å². The molecule has 3 heteroatoms. The highest BCUT2D eigenvalue weighted by Gasteiger charge is 2.11. The van der Waals surface area contributed by atoms with Crippen molar-refractivity contribution in [3.63, 3.8) is 0 Å². The minimum Gasteiger partial charge on any atom is -0.459 e. The minimum absolute atomic E-state index is 0.0994. The molecule has 1 aromatic carbocycles. The van der Waals surface area contributed by atoms with Crippen molar-refractivity contribution in [3.05, 3.63) is 36.1 Å². The summed E-state index contributed by atoms with van der Waals surface area (Å²) in [6, 6.07) is 10.1. The molecule has 1 unspecified atom stereocenters. The van der Waals surface area contributed by atoms with Crippen LogP contribution in [0.5, 0.6) is 0 Å². The number of benzene rings is 1. The molecule has 0 aliphatic carbocycles. The van der Waals surface area contributed by atoms with Gasteiger partial charge in [-0.2, -0.15) is 0 Å². The second kappa shape index (κ2) is 3.82. The average molecular weight is 190 g/mol. The highest BCUT2D eigenvalue weighted by molar-refractivity contribution is 5.77. The molecule has 0 fully saturated rings. The van der Waals surface area contributed by atoms with Crippen LogP contribution < -0.4 is 11.1 Å². The first-order valence-corrected chi connectivity index (χ1v) is 4.71. The lowest BCUT2D eigenvalue weighted by atomic mass is 10.2. The van der Waals surface area contributed by atoms with Crippen molar-refractivity contribution in [3.8, 4) is 0 Å². The van der Waals surface area contributed by atoms with E-state index >= 15 is 0 Å². The predicted molar refractivity (Wildman–Crippen MR) is 57.1 cm³/mol. The van der Waals surface area contributed by atoms with Crippen LogP contribution in [0.3, 0.4) is 0 Å². The summed E-state index contributed by atoms with van der Waals surface area (Å²) in [5.41, 5.74) is 6.53. The first-order valence-electron chi connectivity index (χ1n) is 4.71. The van der Waals surface area contributed by atoms with Gasteiger partial charge in [0.1, 0.15) is 11.3 Å². The second-order valence-electron chi connectivity index (χ2n) is 3.26. The van der Waals surface area contributed by atoms with Crippen LogP contribution in [0.25, 0.3) is 11.0 Å². The van der Waals surface area contributed by atoms with Crippen molar-refractivity contribution >= 4 is 11.0 Å². The fourth-order valence-corrected chi connectivity index (χ4v) is 1.55. The number of rotatable bonds is 3. The van der Waals surface area contributed by atoms with Crippen molar-refractivity contribution in [2.75, 3.05) is 13.6 Å². The molecule has 0 spiro atoms. The second-order valence-corrected chi connectivity index (χ2v) is 3.26. The zero-order valence-electron chi connectivity index (χ0n) is 8.16. The summed E-state index contributed by atoms with van der Waals surface area (Å²) in [6.45, 7) is 0.538. The Balaban J connectivity index is 2.43. The maximum atomic E-state index is 5.67. The summed E-state index contributed by atoms with van der Waals surface area (Å²) in [5, 5.41) is 4.23. The maximum Gasteiger partial charge on any atom is 0.134 e. The lowest BCUT2D eigenvalue weighted by Gasteiger charge is -2.09. The lowest BCUT2D eigenvalue weighted by molar-refractivity contribution is 0.458. The molecule has 2 rings (SSSR count). The zero-order valence-corrected chi connectivity index (χ0v) is 8.16. The molecule has 0 aliphatic heterocycles. The Bertz CT molecular complexity index is 385. The molecule has 0 saturated carbocycles. The maximum absolute atomic E-state index is 5.67. The van der Waals surface area contributed by atoms with Crippen LogP contribution in [0, 0.1) is 0 Å². The number of likely N-dealkylation sites (N-methyl/N-ethyl adjacent to an activating group) is 1. The summed E-state index contributed by atoms with van der Waals surface area (Å²) in [4.78, 5) is 0. The first kappa shape index (κ1) is 9.24. The van der Waals surface area contributed by atoms with Crippen LogP contribution >= 0.6 is 0 Å². The Kier molecular flexibility index (Phi) is 2.52. The fourth-order valence-electron chi connectivity index (χ4n) is 1.55. The number of hydrogen-bond donors (Lipinski definition) is 2. The Morgan fingerprint density at radius 1 is 1.43 bits per heavy atom. The van der Waals surface area contributed by atoms with Crippen LogP contribution in [0.2, 0.25) is 0 Å². The largest absolute Gasteiger partial charge is 0.459 e. The van der Waals surface area contributed by atoms with E-state index in [1.807, 2.05) is 37.4 Å². The molecule has 2 aromatic rings. The van der Waals surface area contributed by atoms with Crippen LogP contribution in [0.15, 0.2) is 34.7 Å². The van der Waals surface area contributed by atoms with Gasteiger partial charge < -0.3 is 15.5 Å². The molecule has 0 aliphatic rings. The van der Waals surface area contributed by atoms with E-state index in [9.17, 15) is 0 Å². The van der Waals surface area contributed by atoms with Crippen molar-refractivity contribution in [1.29, 1.82) is 0 Å².